The van der Waals surface area contributed by atoms with Gasteiger partial charge in [0.05, 0.1) is 30.2 Å². The van der Waals surface area contributed by atoms with Crippen LogP contribution in [0.3, 0.4) is 0 Å². The number of aromatic nitrogens is 1. The van der Waals surface area contributed by atoms with E-state index in [1.54, 1.807) is 30.9 Å². The van der Waals surface area contributed by atoms with Gasteiger partial charge in [0.15, 0.2) is 5.69 Å². The molecule has 2 N–H and O–H groups in total. The highest BCUT2D eigenvalue weighted by atomic mass is 35.5. The molecule has 54 heavy (non-hydrogen) atoms. The van der Waals surface area contributed by atoms with Gasteiger partial charge in [0.2, 0.25) is 17.7 Å². The number of halogens is 1. The first-order valence-corrected chi connectivity index (χ1v) is 19.6. The number of benzene rings is 1. The van der Waals surface area contributed by atoms with E-state index in [9.17, 15) is 24.0 Å². The lowest BCUT2D eigenvalue weighted by Gasteiger charge is -2.44. The highest BCUT2D eigenvalue weighted by molar-refractivity contribution is 7.98. The predicted molar refractivity (Wildman–Crippen MR) is 202 cm³/mol. The second-order valence-electron chi connectivity index (χ2n) is 15.1. The van der Waals surface area contributed by atoms with E-state index in [1.807, 2.05) is 18.2 Å². The Morgan fingerprint density at radius 1 is 1.07 bits per heavy atom. The van der Waals surface area contributed by atoms with E-state index in [0.717, 1.165) is 62.8 Å². The number of anilines is 1. The summed E-state index contributed by atoms with van der Waals surface area (Å²) in [7, 11) is 0. The highest BCUT2D eigenvalue weighted by Crippen LogP contribution is 2.40. The van der Waals surface area contributed by atoms with Gasteiger partial charge in [-0.3, -0.25) is 34.3 Å². The number of nitriles is 1. The number of rotatable bonds is 11. The number of imide groups is 2. The lowest BCUT2D eigenvalue weighted by molar-refractivity contribution is -0.134. The number of pyridine rings is 1. The molecule has 3 saturated heterocycles. The molecule has 0 bridgehead atoms. The molecule has 4 heterocycles. The molecule has 4 aliphatic rings. The van der Waals surface area contributed by atoms with Crippen LogP contribution in [0.25, 0.3) is 0 Å². The van der Waals surface area contributed by atoms with Crippen LogP contribution < -0.4 is 10.6 Å². The van der Waals surface area contributed by atoms with E-state index in [1.165, 1.54) is 16.6 Å². The number of piperidine rings is 1. The number of amides is 6. The fraction of sp³-hybridized carbons (Fsp3) is 0.553. The summed E-state index contributed by atoms with van der Waals surface area (Å²) in [6, 6.07) is 10.6. The minimum atomic E-state index is -1.01. The molecule has 6 amide bonds. The van der Waals surface area contributed by atoms with Crippen LogP contribution in [0, 0.1) is 11.3 Å². The first-order valence-electron chi connectivity index (χ1n) is 18.5. The van der Waals surface area contributed by atoms with Gasteiger partial charge in [-0.25, -0.2) is 9.78 Å². The SMILES string of the molecule is C[C@@H]1CN(CCOC2CCC(N3C(=O)N(Sc4cnc(C#N)c(Cl)c4)C(=O)C3(C)C)CC2)C[C@H](C)N1CC(=O)Nc1ccc(C2CCC(=O)NC2=O)cc1. The predicted octanol–water partition coefficient (Wildman–Crippen LogP) is 4.54. The number of carbonyl (C=O) groups is 5. The molecule has 1 unspecified atom stereocenters. The first kappa shape index (κ1) is 39.6. The molecule has 6 rings (SSSR count). The molecule has 288 valence electrons. The van der Waals surface area contributed by atoms with Crippen LogP contribution in [0.15, 0.2) is 41.4 Å². The highest BCUT2D eigenvalue weighted by Gasteiger charge is 2.54. The number of nitrogens with one attached hydrogen (secondary N) is 2. The first-order chi connectivity index (χ1) is 25.7. The standard InChI is InChI=1S/C38H47ClN8O6S/c1-23-20-44(21-24(2)45(23)22-34(49)42-26-7-5-25(6-8-26)30-13-14-33(48)43-35(30)50)15-16-53-28-11-9-27(10-12-28)46-37(52)47(36(51)38(46,3)4)54-29-17-31(39)32(18-40)41-19-29/h5-8,17,19,23-24,27-28,30H,9-16,20-22H2,1-4H3,(H,42,49)(H,43,48,50)/t23-,24+,27?,28?,30?. The molecule has 14 nitrogen and oxygen atoms in total. The van der Waals surface area contributed by atoms with E-state index in [0.29, 0.717) is 30.0 Å². The average Bonchev–Trinajstić information content (AvgIpc) is 3.29. The Morgan fingerprint density at radius 3 is 2.39 bits per heavy atom. The summed E-state index contributed by atoms with van der Waals surface area (Å²) in [5.74, 6) is -1.29. The zero-order valence-electron chi connectivity index (χ0n) is 31.0. The largest absolute Gasteiger partial charge is 0.377 e. The van der Waals surface area contributed by atoms with Crippen molar-refractivity contribution in [2.24, 2.45) is 0 Å². The van der Waals surface area contributed by atoms with Gasteiger partial charge in [0, 0.05) is 72.9 Å². The van der Waals surface area contributed by atoms with Crippen molar-refractivity contribution in [2.75, 3.05) is 38.1 Å². The lowest BCUT2D eigenvalue weighted by Crippen LogP contribution is -2.58. The molecular weight excluding hydrogens is 732 g/mol. The van der Waals surface area contributed by atoms with Gasteiger partial charge in [0.25, 0.3) is 5.91 Å². The third kappa shape index (κ3) is 8.74. The van der Waals surface area contributed by atoms with E-state index in [4.69, 9.17) is 21.6 Å². The Hall–Kier alpha value is -4.07. The second kappa shape index (κ2) is 16.7. The summed E-state index contributed by atoms with van der Waals surface area (Å²) in [6.07, 6.45) is 5.35. The van der Waals surface area contributed by atoms with E-state index >= 15 is 0 Å². The summed E-state index contributed by atoms with van der Waals surface area (Å²) < 4.78 is 7.50. The van der Waals surface area contributed by atoms with Crippen molar-refractivity contribution < 1.29 is 28.7 Å². The summed E-state index contributed by atoms with van der Waals surface area (Å²) in [6.45, 7) is 11.1. The number of urea groups is 1. The lowest BCUT2D eigenvalue weighted by atomic mass is 9.89. The van der Waals surface area contributed by atoms with Crippen LogP contribution in [0.5, 0.6) is 0 Å². The van der Waals surface area contributed by atoms with Crippen molar-refractivity contribution >= 4 is 58.9 Å². The topological polar surface area (TPSA) is 168 Å². The molecule has 16 heteroatoms. The van der Waals surface area contributed by atoms with Crippen LogP contribution in [0.1, 0.15) is 83.4 Å². The van der Waals surface area contributed by atoms with E-state index in [2.05, 4.69) is 39.3 Å². The molecule has 0 radical (unpaired) electrons. The van der Waals surface area contributed by atoms with Gasteiger partial charge in [0.1, 0.15) is 11.6 Å². The van der Waals surface area contributed by atoms with Crippen molar-refractivity contribution in [3.05, 3.63) is 52.8 Å². The molecule has 0 spiro atoms. The molecule has 3 aliphatic heterocycles. The molecule has 1 saturated carbocycles. The third-order valence-electron chi connectivity index (χ3n) is 10.9. The minimum Gasteiger partial charge on any atom is -0.377 e. The maximum atomic E-state index is 13.6. The molecular formula is C38H47ClN8O6S. The van der Waals surface area contributed by atoms with Gasteiger partial charge in [-0.2, -0.15) is 9.57 Å². The van der Waals surface area contributed by atoms with E-state index in [-0.39, 0.29) is 77.1 Å². The van der Waals surface area contributed by atoms with Gasteiger partial charge in [-0.05, 0) is 83.6 Å². The monoisotopic (exact) mass is 778 g/mol. The Kier molecular flexibility index (Phi) is 12.3. The summed E-state index contributed by atoms with van der Waals surface area (Å²) >= 11 is 7.10. The van der Waals surface area contributed by atoms with Crippen molar-refractivity contribution in [1.29, 1.82) is 5.26 Å². The quantitative estimate of drug-likeness (QED) is 0.187. The smallest absolute Gasteiger partial charge is 0.338 e. The Labute approximate surface area is 325 Å². The van der Waals surface area contributed by atoms with Gasteiger partial charge in [-0.1, -0.05) is 23.7 Å². The molecule has 3 atom stereocenters. The number of hydrogen-bond acceptors (Lipinski definition) is 11. The van der Waals surface area contributed by atoms with Gasteiger partial charge < -0.3 is 15.0 Å². The van der Waals surface area contributed by atoms with Crippen molar-refractivity contribution in [2.45, 2.75) is 107 Å². The maximum Gasteiger partial charge on any atom is 0.338 e. The van der Waals surface area contributed by atoms with Gasteiger partial charge >= 0.3 is 6.03 Å². The third-order valence-corrected chi connectivity index (χ3v) is 12.1. The Bertz CT molecular complexity index is 1800. The minimum absolute atomic E-state index is 0.0769. The molecule has 2 aromatic rings. The van der Waals surface area contributed by atoms with Crippen LogP contribution in [-0.2, 0) is 23.9 Å². The number of nitrogens with zero attached hydrogens (tertiary/aromatic N) is 6. The van der Waals surface area contributed by atoms with E-state index < -0.39 is 5.54 Å². The molecule has 1 aliphatic carbocycles. The maximum absolute atomic E-state index is 13.6. The normalized spacial score (nSPS) is 26.5. The van der Waals surface area contributed by atoms with Gasteiger partial charge in [-0.15, -0.1) is 0 Å². The number of hydrogen-bond donors (Lipinski definition) is 2. The second-order valence-corrected chi connectivity index (χ2v) is 16.5. The fourth-order valence-corrected chi connectivity index (χ4v) is 9.31. The summed E-state index contributed by atoms with van der Waals surface area (Å²) in [5.41, 5.74) is 0.561. The summed E-state index contributed by atoms with van der Waals surface area (Å²) in [4.78, 5) is 74.5. The fourth-order valence-electron chi connectivity index (χ4n) is 8.08. The van der Waals surface area contributed by atoms with Crippen LogP contribution >= 0.6 is 23.5 Å². The van der Waals surface area contributed by atoms with Crippen LogP contribution in [0.2, 0.25) is 5.02 Å². The average molecular weight is 779 g/mol. The molecule has 1 aromatic carbocycles. The van der Waals surface area contributed by atoms with Crippen LogP contribution in [-0.4, -0.2) is 116 Å². The zero-order chi connectivity index (χ0) is 38.7. The van der Waals surface area contributed by atoms with Crippen molar-refractivity contribution in [1.82, 2.24) is 29.3 Å². The summed E-state index contributed by atoms with van der Waals surface area (Å²) in [5, 5.41) is 14.6. The van der Waals surface area contributed by atoms with Crippen LogP contribution in [0.4, 0.5) is 10.5 Å². The number of carbonyl (C=O) groups excluding carboxylic acids is 5. The molecule has 4 fully saturated rings. The Morgan fingerprint density at radius 2 is 1.76 bits per heavy atom. The number of ether oxygens (including phenoxy) is 1. The number of piperazine rings is 1. The van der Waals surface area contributed by atoms with Crippen molar-refractivity contribution in [3.8, 4) is 6.07 Å². The zero-order valence-corrected chi connectivity index (χ0v) is 32.6. The van der Waals surface area contributed by atoms with Crippen molar-refractivity contribution in [3.63, 3.8) is 0 Å². The molecule has 1 aromatic heterocycles. The Balaban J connectivity index is 0.916.